The number of ether oxygens (including phenoxy) is 1. The molecule has 1 aromatic carbocycles. The van der Waals surface area contributed by atoms with Crippen LogP contribution >= 0.6 is 0 Å². The van der Waals surface area contributed by atoms with Crippen molar-refractivity contribution in [2.24, 2.45) is 5.41 Å². The van der Waals surface area contributed by atoms with Crippen molar-refractivity contribution in [3.05, 3.63) is 47.7 Å². The van der Waals surface area contributed by atoms with Gasteiger partial charge in [0.15, 0.2) is 0 Å². The Bertz CT molecular complexity index is 597. The average Bonchev–Trinajstić information content (AvgIpc) is 2.38. The molecule has 0 aliphatic carbocycles. The number of aromatic nitrogens is 1. The van der Waals surface area contributed by atoms with E-state index in [0.29, 0.717) is 5.88 Å². The van der Waals surface area contributed by atoms with Gasteiger partial charge in [0.25, 0.3) is 0 Å². The first-order chi connectivity index (χ1) is 9.40. The van der Waals surface area contributed by atoms with E-state index in [9.17, 15) is 0 Å². The van der Waals surface area contributed by atoms with Crippen molar-refractivity contribution in [3.8, 4) is 17.0 Å². The fourth-order valence-corrected chi connectivity index (χ4v) is 2.44. The molecule has 0 saturated carbocycles. The van der Waals surface area contributed by atoms with E-state index in [1.54, 1.807) is 7.11 Å². The zero-order valence-electron chi connectivity index (χ0n) is 13.0. The molecule has 2 rings (SSSR count). The third-order valence-electron chi connectivity index (χ3n) is 3.30. The highest BCUT2D eigenvalue weighted by Gasteiger charge is 2.15. The van der Waals surface area contributed by atoms with Crippen LogP contribution in [0.3, 0.4) is 0 Å². The second-order valence-electron chi connectivity index (χ2n) is 6.38. The first-order valence-corrected chi connectivity index (χ1v) is 7.00. The van der Waals surface area contributed by atoms with Gasteiger partial charge in [-0.25, -0.2) is 4.98 Å². The van der Waals surface area contributed by atoms with E-state index in [0.717, 1.165) is 12.1 Å². The predicted octanol–water partition coefficient (Wildman–Crippen LogP) is 4.65. The summed E-state index contributed by atoms with van der Waals surface area (Å²) < 4.78 is 5.19. The van der Waals surface area contributed by atoms with Gasteiger partial charge in [0.05, 0.1) is 7.11 Å². The van der Waals surface area contributed by atoms with E-state index < -0.39 is 0 Å². The molecule has 2 heteroatoms. The molecule has 0 atom stereocenters. The maximum atomic E-state index is 5.19. The summed E-state index contributed by atoms with van der Waals surface area (Å²) in [7, 11) is 1.65. The highest BCUT2D eigenvalue weighted by Crippen LogP contribution is 2.31. The SMILES string of the molecule is COc1ccc(-c2ccccc2CC(C)(C)C)c(C)n1. The van der Waals surface area contributed by atoms with Crippen molar-refractivity contribution in [1.29, 1.82) is 0 Å². The molecule has 0 radical (unpaired) electrons. The van der Waals surface area contributed by atoms with E-state index in [1.165, 1.54) is 16.7 Å². The lowest BCUT2D eigenvalue weighted by Crippen LogP contribution is -2.10. The third kappa shape index (κ3) is 3.38. The highest BCUT2D eigenvalue weighted by molar-refractivity contribution is 5.69. The van der Waals surface area contributed by atoms with Crippen LogP contribution in [0.25, 0.3) is 11.1 Å². The number of hydrogen-bond acceptors (Lipinski definition) is 2. The first-order valence-electron chi connectivity index (χ1n) is 7.00. The van der Waals surface area contributed by atoms with Gasteiger partial charge < -0.3 is 4.74 Å². The summed E-state index contributed by atoms with van der Waals surface area (Å²) >= 11 is 0. The summed E-state index contributed by atoms with van der Waals surface area (Å²) in [4.78, 5) is 4.48. The number of nitrogens with zero attached hydrogens (tertiary/aromatic N) is 1. The molecule has 2 nitrogen and oxygen atoms in total. The quantitative estimate of drug-likeness (QED) is 0.809. The average molecular weight is 269 g/mol. The molecule has 0 saturated heterocycles. The maximum Gasteiger partial charge on any atom is 0.213 e. The van der Waals surface area contributed by atoms with Gasteiger partial charge in [0.2, 0.25) is 5.88 Å². The van der Waals surface area contributed by atoms with Gasteiger partial charge in [-0.3, -0.25) is 0 Å². The molecule has 0 unspecified atom stereocenters. The van der Waals surface area contributed by atoms with Gasteiger partial charge in [0.1, 0.15) is 0 Å². The van der Waals surface area contributed by atoms with Crippen LogP contribution in [0, 0.1) is 12.3 Å². The largest absolute Gasteiger partial charge is 0.481 e. The Balaban J connectivity index is 2.47. The van der Waals surface area contributed by atoms with E-state index in [1.807, 2.05) is 13.0 Å². The van der Waals surface area contributed by atoms with Crippen LogP contribution in [0.15, 0.2) is 36.4 Å². The molecule has 0 aliphatic heterocycles. The maximum absolute atomic E-state index is 5.19. The van der Waals surface area contributed by atoms with Gasteiger partial charge in [-0.2, -0.15) is 0 Å². The molecule has 0 fully saturated rings. The van der Waals surface area contributed by atoms with Crippen molar-refractivity contribution >= 4 is 0 Å². The predicted molar refractivity (Wildman–Crippen MR) is 84.1 cm³/mol. The van der Waals surface area contributed by atoms with Crippen molar-refractivity contribution in [3.63, 3.8) is 0 Å². The number of hydrogen-bond donors (Lipinski definition) is 0. The van der Waals surface area contributed by atoms with E-state index in [2.05, 4.69) is 56.1 Å². The molecule has 0 bridgehead atoms. The van der Waals surface area contributed by atoms with E-state index in [4.69, 9.17) is 4.74 Å². The zero-order valence-corrected chi connectivity index (χ0v) is 13.0. The number of pyridine rings is 1. The van der Waals surface area contributed by atoms with Gasteiger partial charge >= 0.3 is 0 Å². The normalized spacial score (nSPS) is 11.4. The fourth-order valence-electron chi connectivity index (χ4n) is 2.44. The number of benzene rings is 1. The van der Waals surface area contributed by atoms with Crippen LogP contribution in [-0.4, -0.2) is 12.1 Å². The summed E-state index contributed by atoms with van der Waals surface area (Å²) in [6, 6.07) is 12.6. The molecule has 0 N–H and O–H groups in total. The molecule has 20 heavy (non-hydrogen) atoms. The summed E-state index contributed by atoms with van der Waals surface area (Å²) in [6.45, 7) is 8.83. The molecule has 2 aromatic rings. The minimum absolute atomic E-state index is 0.268. The molecule has 0 aliphatic rings. The molecular weight excluding hydrogens is 246 g/mol. The number of rotatable bonds is 3. The number of methoxy groups -OCH3 is 1. The molecule has 1 heterocycles. The molecule has 106 valence electrons. The Kier molecular flexibility index (Phi) is 4.12. The van der Waals surface area contributed by atoms with Gasteiger partial charge in [0, 0.05) is 17.3 Å². The van der Waals surface area contributed by atoms with Crippen LogP contribution in [0.5, 0.6) is 5.88 Å². The smallest absolute Gasteiger partial charge is 0.213 e. The van der Waals surface area contributed by atoms with Gasteiger partial charge in [-0.05, 0) is 36.0 Å². The zero-order chi connectivity index (χ0) is 14.8. The Morgan fingerprint density at radius 1 is 1.00 bits per heavy atom. The minimum atomic E-state index is 0.268. The van der Waals surface area contributed by atoms with Crippen LogP contribution in [0.4, 0.5) is 0 Å². The van der Waals surface area contributed by atoms with Crippen LogP contribution in [-0.2, 0) is 6.42 Å². The lowest BCUT2D eigenvalue weighted by atomic mass is 9.84. The second-order valence-corrected chi connectivity index (χ2v) is 6.38. The summed E-state index contributed by atoms with van der Waals surface area (Å²) in [5.74, 6) is 0.666. The molecule has 0 amide bonds. The van der Waals surface area contributed by atoms with Gasteiger partial charge in [-0.15, -0.1) is 0 Å². The van der Waals surface area contributed by atoms with Gasteiger partial charge in [-0.1, -0.05) is 45.0 Å². The Labute approximate surface area is 121 Å². The van der Waals surface area contributed by atoms with Crippen molar-refractivity contribution in [2.45, 2.75) is 34.1 Å². The van der Waals surface area contributed by atoms with Crippen LogP contribution in [0.2, 0.25) is 0 Å². The van der Waals surface area contributed by atoms with Crippen molar-refractivity contribution < 1.29 is 4.74 Å². The van der Waals surface area contributed by atoms with Crippen molar-refractivity contribution in [1.82, 2.24) is 4.98 Å². The van der Waals surface area contributed by atoms with Crippen LogP contribution < -0.4 is 4.74 Å². The molecule has 0 spiro atoms. The summed E-state index contributed by atoms with van der Waals surface area (Å²) in [5.41, 5.74) is 5.10. The highest BCUT2D eigenvalue weighted by atomic mass is 16.5. The second kappa shape index (κ2) is 5.66. The first kappa shape index (κ1) is 14.6. The third-order valence-corrected chi connectivity index (χ3v) is 3.30. The number of aryl methyl sites for hydroxylation is 1. The Morgan fingerprint density at radius 2 is 1.70 bits per heavy atom. The lowest BCUT2D eigenvalue weighted by molar-refractivity contribution is 0.397. The standard InChI is InChI=1S/C18H23NO/c1-13-15(10-11-17(19-13)20-5)16-9-7-6-8-14(16)12-18(2,3)4/h6-11H,12H2,1-5H3. The summed E-state index contributed by atoms with van der Waals surface area (Å²) in [6.07, 6.45) is 1.05. The fraction of sp³-hybridized carbons (Fsp3) is 0.389. The van der Waals surface area contributed by atoms with E-state index in [-0.39, 0.29) is 5.41 Å². The minimum Gasteiger partial charge on any atom is -0.481 e. The Hall–Kier alpha value is -1.83. The lowest BCUT2D eigenvalue weighted by Gasteiger charge is -2.21. The van der Waals surface area contributed by atoms with E-state index >= 15 is 0 Å². The molecular formula is C18H23NO. The molecule has 1 aromatic heterocycles. The Morgan fingerprint density at radius 3 is 2.30 bits per heavy atom. The summed E-state index contributed by atoms with van der Waals surface area (Å²) in [5, 5.41) is 0. The van der Waals surface area contributed by atoms with Crippen LogP contribution in [0.1, 0.15) is 32.0 Å². The monoisotopic (exact) mass is 269 g/mol. The van der Waals surface area contributed by atoms with Crippen molar-refractivity contribution in [2.75, 3.05) is 7.11 Å². The topological polar surface area (TPSA) is 22.1 Å².